The number of fused-ring (bicyclic) bond motifs is 1. The number of benzene rings is 1. The van der Waals surface area contributed by atoms with E-state index in [9.17, 15) is 9.18 Å². The molecule has 2 aliphatic rings. The molecule has 0 aliphatic carbocycles. The van der Waals surface area contributed by atoms with Crippen molar-refractivity contribution in [1.82, 2.24) is 10.2 Å². The summed E-state index contributed by atoms with van der Waals surface area (Å²) in [5, 5.41) is 19.9. The molecule has 1 aromatic carbocycles. The van der Waals surface area contributed by atoms with Gasteiger partial charge in [-0.1, -0.05) is 0 Å². The summed E-state index contributed by atoms with van der Waals surface area (Å²) in [6.45, 7) is 0.478. The molecule has 1 amide bonds. The summed E-state index contributed by atoms with van der Waals surface area (Å²) >= 11 is 0. The van der Waals surface area contributed by atoms with Crippen LogP contribution in [0.3, 0.4) is 0 Å². The molecule has 2 atom stereocenters. The number of halogens is 1. The van der Waals surface area contributed by atoms with E-state index in [4.69, 9.17) is 15.4 Å². The average molecular weight is 302 g/mol. The van der Waals surface area contributed by atoms with E-state index < -0.39 is 17.3 Å². The SMILES string of the molecule is CN1C(=N)NC2(c3cc(C#N)ccc3F)COCCC2C1=O. The van der Waals surface area contributed by atoms with Crippen molar-refractivity contribution in [2.45, 2.75) is 12.0 Å². The second kappa shape index (κ2) is 5.07. The number of hydrogen-bond donors (Lipinski definition) is 2. The fourth-order valence-corrected chi connectivity index (χ4v) is 3.15. The highest BCUT2D eigenvalue weighted by molar-refractivity contribution is 6.00. The van der Waals surface area contributed by atoms with Gasteiger partial charge in [-0.3, -0.25) is 15.1 Å². The second-order valence-electron chi connectivity index (χ2n) is 5.54. The first-order valence-corrected chi connectivity index (χ1v) is 6.92. The molecule has 0 spiro atoms. The van der Waals surface area contributed by atoms with Crippen LogP contribution in [0.5, 0.6) is 0 Å². The number of ether oxygens (including phenoxy) is 1. The average Bonchev–Trinajstić information content (AvgIpc) is 2.53. The Balaban J connectivity index is 2.18. The molecule has 0 bridgehead atoms. The molecule has 3 rings (SSSR count). The topological polar surface area (TPSA) is 89.2 Å². The van der Waals surface area contributed by atoms with Crippen molar-refractivity contribution >= 4 is 11.9 Å². The fraction of sp³-hybridized carbons (Fsp3) is 0.400. The van der Waals surface area contributed by atoms with Gasteiger partial charge in [0, 0.05) is 19.2 Å². The second-order valence-corrected chi connectivity index (χ2v) is 5.54. The van der Waals surface area contributed by atoms with Gasteiger partial charge in [-0.15, -0.1) is 0 Å². The van der Waals surface area contributed by atoms with E-state index in [0.29, 0.717) is 18.6 Å². The summed E-state index contributed by atoms with van der Waals surface area (Å²) in [6.07, 6.45) is 0.430. The lowest BCUT2D eigenvalue weighted by atomic mass is 9.73. The first-order valence-electron chi connectivity index (χ1n) is 6.92. The van der Waals surface area contributed by atoms with Gasteiger partial charge in [0.2, 0.25) is 5.91 Å². The Morgan fingerprint density at radius 1 is 1.59 bits per heavy atom. The van der Waals surface area contributed by atoms with Gasteiger partial charge in [0.15, 0.2) is 5.96 Å². The number of carbonyl (C=O) groups excluding carboxylic acids is 1. The van der Waals surface area contributed by atoms with Crippen molar-refractivity contribution in [3.63, 3.8) is 0 Å². The van der Waals surface area contributed by atoms with E-state index in [2.05, 4.69) is 5.32 Å². The zero-order chi connectivity index (χ0) is 15.9. The highest BCUT2D eigenvalue weighted by atomic mass is 19.1. The van der Waals surface area contributed by atoms with Crippen LogP contribution in [0.15, 0.2) is 18.2 Å². The smallest absolute Gasteiger partial charge is 0.235 e. The summed E-state index contributed by atoms with van der Waals surface area (Å²) in [5.74, 6) is -1.40. The lowest BCUT2D eigenvalue weighted by Crippen LogP contribution is -2.68. The van der Waals surface area contributed by atoms with Crippen molar-refractivity contribution in [3.05, 3.63) is 35.1 Å². The molecule has 22 heavy (non-hydrogen) atoms. The van der Waals surface area contributed by atoms with Crippen LogP contribution < -0.4 is 5.32 Å². The minimum absolute atomic E-state index is 0.0748. The monoisotopic (exact) mass is 302 g/mol. The number of nitriles is 1. The Morgan fingerprint density at radius 3 is 3.09 bits per heavy atom. The molecule has 7 heteroatoms. The van der Waals surface area contributed by atoms with Crippen LogP contribution in [0.2, 0.25) is 0 Å². The Hall–Kier alpha value is -2.46. The highest BCUT2D eigenvalue weighted by Crippen LogP contribution is 2.40. The Kier molecular flexibility index (Phi) is 3.34. The van der Waals surface area contributed by atoms with Crippen molar-refractivity contribution in [1.29, 1.82) is 10.7 Å². The molecule has 114 valence electrons. The maximum Gasteiger partial charge on any atom is 0.235 e. The molecule has 2 N–H and O–H groups in total. The van der Waals surface area contributed by atoms with Crippen LogP contribution in [0.1, 0.15) is 17.5 Å². The summed E-state index contributed by atoms with van der Waals surface area (Å²) in [5.41, 5.74) is -0.646. The van der Waals surface area contributed by atoms with E-state index in [1.165, 1.54) is 30.1 Å². The van der Waals surface area contributed by atoms with Crippen molar-refractivity contribution in [3.8, 4) is 6.07 Å². The Bertz CT molecular complexity index is 699. The molecule has 0 radical (unpaired) electrons. The number of nitrogens with one attached hydrogen (secondary N) is 2. The van der Waals surface area contributed by atoms with Gasteiger partial charge in [0.1, 0.15) is 11.4 Å². The van der Waals surface area contributed by atoms with Crippen LogP contribution in [-0.4, -0.2) is 37.0 Å². The van der Waals surface area contributed by atoms with Crippen molar-refractivity contribution in [2.75, 3.05) is 20.3 Å². The van der Waals surface area contributed by atoms with Gasteiger partial charge in [-0.2, -0.15) is 5.26 Å². The first-order chi connectivity index (χ1) is 10.5. The molecular formula is C15H15FN4O2. The summed E-state index contributed by atoms with van der Waals surface area (Å²) in [6, 6.07) is 6.00. The maximum absolute atomic E-state index is 14.4. The van der Waals surface area contributed by atoms with Crippen LogP contribution >= 0.6 is 0 Å². The minimum atomic E-state index is -1.14. The van der Waals surface area contributed by atoms with E-state index >= 15 is 0 Å². The summed E-state index contributed by atoms with van der Waals surface area (Å²) in [7, 11) is 1.51. The molecule has 2 saturated heterocycles. The number of nitrogens with zero attached hydrogens (tertiary/aromatic N) is 2. The standard InChI is InChI=1S/C15H15FN4O2/c1-20-13(21)10-4-5-22-8-15(10,19-14(20)18)11-6-9(7-17)2-3-12(11)16/h2-3,6,10H,4-5,8H2,1H3,(H2,18,19). The molecule has 2 heterocycles. The third kappa shape index (κ3) is 1.96. The van der Waals surface area contributed by atoms with Gasteiger partial charge >= 0.3 is 0 Å². The maximum atomic E-state index is 14.4. The first kappa shape index (κ1) is 14.5. The summed E-state index contributed by atoms with van der Waals surface area (Å²) in [4.78, 5) is 13.7. The molecule has 0 aromatic heterocycles. The van der Waals surface area contributed by atoms with Crippen molar-refractivity contribution < 1.29 is 13.9 Å². The molecule has 2 unspecified atom stereocenters. The van der Waals surface area contributed by atoms with Crippen LogP contribution in [0.4, 0.5) is 4.39 Å². The van der Waals surface area contributed by atoms with Gasteiger partial charge in [0.25, 0.3) is 0 Å². The molecule has 2 aliphatic heterocycles. The van der Waals surface area contributed by atoms with E-state index in [0.717, 1.165) is 0 Å². The van der Waals surface area contributed by atoms with E-state index in [1.807, 2.05) is 6.07 Å². The predicted molar refractivity (Wildman–Crippen MR) is 75.4 cm³/mol. The lowest BCUT2D eigenvalue weighted by molar-refractivity contribution is -0.143. The largest absolute Gasteiger partial charge is 0.379 e. The van der Waals surface area contributed by atoms with Gasteiger partial charge in [-0.25, -0.2) is 4.39 Å². The molecule has 1 aromatic rings. The summed E-state index contributed by atoms with van der Waals surface area (Å²) < 4.78 is 19.9. The van der Waals surface area contributed by atoms with Crippen molar-refractivity contribution in [2.24, 2.45) is 5.92 Å². The van der Waals surface area contributed by atoms with E-state index in [1.54, 1.807) is 0 Å². The fourth-order valence-electron chi connectivity index (χ4n) is 3.15. The van der Waals surface area contributed by atoms with Gasteiger partial charge in [0.05, 0.1) is 24.2 Å². The Morgan fingerprint density at radius 2 is 2.36 bits per heavy atom. The number of guanidine groups is 1. The quantitative estimate of drug-likeness (QED) is 0.807. The Labute approximate surface area is 127 Å². The number of rotatable bonds is 1. The van der Waals surface area contributed by atoms with Gasteiger partial charge in [-0.05, 0) is 24.6 Å². The minimum Gasteiger partial charge on any atom is -0.379 e. The normalized spacial score (nSPS) is 27.9. The zero-order valence-electron chi connectivity index (χ0n) is 12.0. The zero-order valence-corrected chi connectivity index (χ0v) is 12.0. The number of hydrogen-bond acceptors (Lipinski definition) is 4. The lowest BCUT2D eigenvalue weighted by Gasteiger charge is -2.49. The third-order valence-electron chi connectivity index (χ3n) is 4.36. The number of amides is 1. The molecular weight excluding hydrogens is 287 g/mol. The molecule has 2 fully saturated rings. The predicted octanol–water partition coefficient (Wildman–Crippen LogP) is 0.926. The van der Waals surface area contributed by atoms with Gasteiger partial charge < -0.3 is 10.1 Å². The highest BCUT2D eigenvalue weighted by Gasteiger charge is 2.53. The molecule has 6 nitrogen and oxygen atoms in total. The van der Waals surface area contributed by atoms with Crippen LogP contribution in [0.25, 0.3) is 0 Å². The molecule has 0 saturated carbocycles. The van der Waals surface area contributed by atoms with E-state index in [-0.39, 0.29) is 24.0 Å². The van der Waals surface area contributed by atoms with Crippen LogP contribution in [0, 0.1) is 28.5 Å². The number of carbonyl (C=O) groups is 1. The van der Waals surface area contributed by atoms with Crippen LogP contribution in [-0.2, 0) is 15.1 Å². The third-order valence-corrected chi connectivity index (χ3v) is 4.36.